The van der Waals surface area contributed by atoms with E-state index in [0.29, 0.717) is 12.0 Å². The van der Waals surface area contributed by atoms with E-state index in [4.69, 9.17) is 0 Å². The Bertz CT molecular complexity index is 388. The Morgan fingerprint density at radius 1 is 1.26 bits per heavy atom. The fourth-order valence-electron chi connectivity index (χ4n) is 2.76. The fourth-order valence-corrected chi connectivity index (χ4v) is 2.76. The molecule has 1 aromatic rings. The zero-order valence-corrected chi connectivity index (χ0v) is 12.3. The van der Waals surface area contributed by atoms with Crippen molar-refractivity contribution >= 4 is 5.69 Å². The Kier molecular flexibility index (Phi) is 4.83. The van der Waals surface area contributed by atoms with E-state index in [1.54, 1.807) is 0 Å². The van der Waals surface area contributed by atoms with Gasteiger partial charge in [-0.15, -0.1) is 0 Å². The zero-order valence-electron chi connectivity index (χ0n) is 12.3. The number of anilines is 1. The molecule has 106 valence electrons. The second kappa shape index (κ2) is 6.40. The number of nitrogens with zero attached hydrogens (tertiary/aromatic N) is 1. The van der Waals surface area contributed by atoms with Crippen molar-refractivity contribution in [1.82, 2.24) is 5.32 Å². The Morgan fingerprint density at radius 2 is 1.95 bits per heavy atom. The van der Waals surface area contributed by atoms with Crippen LogP contribution in [0, 0.1) is 5.92 Å². The highest BCUT2D eigenvalue weighted by Gasteiger charge is 2.22. The highest BCUT2D eigenvalue weighted by atomic mass is 16.3. The topological polar surface area (TPSA) is 35.5 Å². The SMILES string of the molecule is CC(NCC1CCC(O)C1)c1ccc(N(C)C)cc1. The van der Waals surface area contributed by atoms with Gasteiger partial charge in [-0.2, -0.15) is 0 Å². The smallest absolute Gasteiger partial charge is 0.0543 e. The monoisotopic (exact) mass is 262 g/mol. The summed E-state index contributed by atoms with van der Waals surface area (Å²) in [7, 11) is 4.12. The summed E-state index contributed by atoms with van der Waals surface area (Å²) in [4.78, 5) is 2.11. The summed E-state index contributed by atoms with van der Waals surface area (Å²) >= 11 is 0. The predicted octanol–water partition coefficient (Wildman–Crippen LogP) is 2.56. The molecule has 2 rings (SSSR count). The predicted molar refractivity (Wildman–Crippen MR) is 80.5 cm³/mol. The van der Waals surface area contributed by atoms with Gasteiger partial charge in [0, 0.05) is 25.8 Å². The minimum atomic E-state index is -0.0681. The minimum Gasteiger partial charge on any atom is -0.393 e. The standard InChI is InChI=1S/C16H26N2O/c1-12(17-11-13-4-9-16(19)10-13)14-5-7-15(8-6-14)18(2)3/h5-8,12-13,16-17,19H,4,9-11H2,1-3H3. The number of hydrogen-bond acceptors (Lipinski definition) is 3. The molecule has 3 unspecified atom stereocenters. The van der Waals surface area contributed by atoms with Crippen molar-refractivity contribution in [3.05, 3.63) is 29.8 Å². The maximum absolute atomic E-state index is 9.53. The molecule has 0 aromatic heterocycles. The Balaban J connectivity index is 1.83. The van der Waals surface area contributed by atoms with Crippen molar-refractivity contribution in [3.63, 3.8) is 0 Å². The van der Waals surface area contributed by atoms with Crippen molar-refractivity contribution in [3.8, 4) is 0 Å². The van der Waals surface area contributed by atoms with E-state index < -0.39 is 0 Å². The van der Waals surface area contributed by atoms with Crippen molar-refractivity contribution in [1.29, 1.82) is 0 Å². The fraction of sp³-hybridized carbons (Fsp3) is 0.625. The summed E-state index contributed by atoms with van der Waals surface area (Å²) in [5.41, 5.74) is 2.55. The Morgan fingerprint density at radius 3 is 2.47 bits per heavy atom. The lowest BCUT2D eigenvalue weighted by molar-refractivity contribution is 0.177. The van der Waals surface area contributed by atoms with Crippen molar-refractivity contribution in [2.75, 3.05) is 25.5 Å². The van der Waals surface area contributed by atoms with E-state index in [9.17, 15) is 5.11 Å². The van der Waals surface area contributed by atoms with Gasteiger partial charge in [0.15, 0.2) is 0 Å². The van der Waals surface area contributed by atoms with Gasteiger partial charge in [0.1, 0.15) is 0 Å². The van der Waals surface area contributed by atoms with Gasteiger partial charge in [0.2, 0.25) is 0 Å². The molecule has 0 bridgehead atoms. The summed E-state index contributed by atoms with van der Waals surface area (Å²) in [5.74, 6) is 0.637. The maximum Gasteiger partial charge on any atom is 0.0543 e. The summed E-state index contributed by atoms with van der Waals surface area (Å²) in [6, 6.07) is 9.07. The van der Waals surface area contributed by atoms with Crippen LogP contribution in [0.25, 0.3) is 0 Å². The molecule has 0 radical (unpaired) electrons. The average Bonchev–Trinajstić information content (AvgIpc) is 2.82. The van der Waals surface area contributed by atoms with Gasteiger partial charge in [0.25, 0.3) is 0 Å². The summed E-state index contributed by atoms with van der Waals surface area (Å²) < 4.78 is 0. The van der Waals surface area contributed by atoms with Crippen LogP contribution in [0.15, 0.2) is 24.3 Å². The lowest BCUT2D eigenvalue weighted by Gasteiger charge is -2.19. The molecule has 3 atom stereocenters. The van der Waals surface area contributed by atoms with Gasteiger partial charge in [-0.25, -0.2) is 0 Å². The van der Waals surface area contributed by atoms with Crippen LogP contribution in [-0.2, 0) is 0 Å². The second-order valence-electron chi connectivity index (χ2n) is 5.95. The molecule has 3 nitrogen and oxygen atoms in total. The number of hydrogen-bond donors (Lipinski definition) is 2. The van der Waals surface area contributed by atoms with Crippen LogP contribution in [0.4, 0.5) is 5.69 Å². The number of benzene rings is 1. The number of aliphatic hydroxyl groups is 1. The zero-order chi connectivity index (χ0) is 13.8. The van der Waals surface area contributed by atoms with Gasteiger partial charge < -0.3 is 15.3 Å². The van der Waals surface area contributed by atoms with E-state index in [1.165, 1.54) is 11.3 Å². The van der Waals surface area contributed by atoms with Gasteiger partial charge in [-0.3, -0.25) is 0 Å². The Hall–Kier alpha value is -1.06. The molecular formula is C16H26N2O. The molecule has 1 saturated carbocycles. The maximum atomic E-state index is 9.53. The lowest BCUT2D eigenvalue weighted by Crippen LogP contribution is -2.25. The number of nitrogens with one attached hydrogen (secondary N) is 1. The first-order chi connectivity index (χ1) is 9.06. The molecule has 1 aromatic carbocycles. The van der Waals surface area contributed by atoms with Crippen LogP contribution in [0.5, 0.6) is 0 Å². The van der Waals surface area contributed by atoms with Gasteiger partial charge in [-0.1, -0.05) is 12.1 Å². The molecule has 0 aliphatic heterocycles. The van der Waals surface area contributed by atoms with Gasteiger partial charge >= 0.3 is 0 Å². The molecule has 1 fully saturated rings. The lowest BCUT2D eigenvalue weighted by atomic mass is 10.0. The molecule has 3 heteroatoms. The molecule has 19 heavy (non-hydrogen) atoms. The third-order valence-corrected chi connectivity index (χ3v) is 4.14. The average molecular weight is 262 g/mol. The normalized spacial score (nSPS) is 24.4. The second-order valence-corrected chi connectivity index (χ2v) is 5.95. The third kappa shape index (κ3) is 3.95. The largest absolute Gasteiger partial charge is 0.393 e. The quantitative estimate of drug-likeness (QED) is 0.856. The molecule has 2 N–H and O–H groups in total. The van der Waals surface area contributed by atoms with Crippen LogP contribution < -0.4 is 10.2 Å². The van der Waals surface area contributed by atoms with Gasteiger partial charge in [-0.05, 0) is 56.3 Å². The molecule has 0 saturated heterocycles. The van der Waals surface area contributed by atoms with Crippen molar-refractivity contribution in [2.24, 2.45) is 5.92 Å². The molecule has 1 aliphatic carbocycles. The summed E-state index contributed by atoms with van der Waals surface area (Å²) in [6.07, 6.45) is 3.01. The summed E-state index contributed by atoms with van der Waals surface area (Å²) in [5, 5.41) is 13.1. The van der Waals surface area contributed by atoms with Crippen molar-refractivity contribution < 1.29 is 5.11 Å². The van der Waals surface area contributed by atoms with Gasteiger partial charge in [0.05, 0.1) is 6.10 Å². The first-order valence-corrected chi connectivity index (χ1v) is 7.25. The minimum absolute atomic E-state index is 0.0681. The molecule has 0 amide bonds. The third-order valence-electron chi connectivity index (χ3n) is 4.14. The highest BCUT2D eigenvalue weighted by Crippen LogP contribution is 2.25. The molecule has 1 aliphatic rings. The van der Waals surface area contributed by atoms with E-state index in [2.05, 4.69) is 55.5 Å². The van der Waals surface area contributed by atoms with Crippen LogP contribution in [0.1, 0.15) is 37.8 Å². The first kappa shape index (κ1) is 14.4. The van der Waals surface area contributed by atoms with E-state index >= 15 is 0 Å². The van der Waals surface area contributed by atoms with Crippen LogP contribution in [0.3, 0.4) is 0 Å². The molecular weight excluding hydrogens is 236 g/mol. The van der Waals surface area contributed by atoms with Crippen molar-refractivity contribution in [2.45, 2.75) is 38.3 Å². The molecule has 0 spiro atoms. The van der Waals surface area contributed by atoms with Crippen LogP contribution >= 0.6 is 0 Å². The van der Waals surface area contributed by atoms with E-state index in [1.807, 2.05) is 0 Å². The van der Waals surface area contributed by atoms with Crippen LogP contribution in [-0.4, -0.2) is 31.9 Å². The first-order valence-electron chi connectivity index (χ1n) is 7.25. The number of rotatable bonds is 5. The summed E-state index contributed by atoms with van der Waals surface area (Å²) in [6.45, 7) is 3.21. The molecule has 0 heterocycles. The van der Waals surface area contributed by atoms with E-state index in [-0.39, 0.29) is 6.10 Å². The van der Waals surface area contributed by atoms with E-state index in [0.717, 1.165) is 25.8 Å². The highest BCUT2D eigenvalue weighted by molar-refractivity contribution is 5.46. The number of aliphatic hydroxyl groups excluding tert-OH is 1. The Labute approximate surface area is 116 Å². The van der Waals surface area contributed by atoms with Crippen LogP contribution in [0.2, 0.25) is 0 Å².